The number of hydrogen-bond acceptors (Lipinski definition) is 5. The summed E-state index contributed by atoms with van der Waals surface area (Å²) < 4.78 is 11.4. The molecule has 0 saturated heterocycles. The number of benzene rings is 2. The third-order valence-corrected chi connectivity index (χ3v) is 5.62. The summed E-state index contributed by atoms with van der Waals surface area (Å²) >= 11 is 0. The molecule has 0 radical (unpaired) electrons. The third kappa shape index (κ3) is 6.03. The number of nitrogens with zero attached hydrogens (tertiary/aromatic N) is 1. The number of hydrogen-bond donors (Lipinski definition) is 2. The van der Waals surface area contributed by atoms with Gasteiger partial charge in [0.15, 0.2) is 0 Å². The lowest BCUT2D eigenvalue weighted by Gasteiger charge is -2.28. The van der Waals surface area contributed by atoms with Gasteiger partial charge in [-0.3, -0.25) is 0 Å². The van der Waals surface area contributed by atoms with Gasteiger partial charge in [0.25, 0.3) is 0 Å². The predicted octanol–water partition coefficient (Wildman–Crippen LogP) is 3.34. The molecule has 1 aliphatic rings. The van der Waals surface area contributed by atoms with Crippen molar-refractivity contribution in [3.05, 3.63) is 65.2 Å². The van der Waals surface area contributed by atoms with E-state index in [-0.39, 0.29) is 12.1 Å². The Morgan fingerprint density at radius 1 is 1.14 bits per heavy atom. The first-order valence-corrected chi connectivity index (χ1v) is 10.5. The van der Waals surface area contributed by atoms with Gasteiger partial charge in [0, 0.05) is 19.1 Å². The summed E-state index contributed by atoms with van der Waals surface area (Å²) in [6.45, 7) is 1.59. The molecule has 0 aliphatic heterocycles. The van der Waals surface area contributed by atoms with E-state index in [1.165, 1.54) is 16.7 Å². The number of aliphatic hydroxyl groups excluding tert-OH is 1. The van der Waals surface area contributed by atoms with Gasteiger partial charge in [0.2, 0.25) is 0 Å². The average molecular weight is 399 g/mol. The van der Waals surface area contributed by atoms with Crippen molar-refractivity contribution < 1.29 is 14.6 Å². The van der Waals surface area contributed by atoms with Crippen LogP contribution in [-0.2, 0) is 11.2 Å². The number of rotatable bonds is 10. The maximum atomic E-state index is 10.4. The van der Waals surface area contributed by atoms with E-state index < -0.39 is 6.10 Å². The van der Waals surface area contributed by atoms with E-state index in [1.807, 2.05) is 12.1 Å². The van der Waals surface area contributed by atoms with Crippen molar-refractivity contribution in [3.8, 4) is 5.75 Å². The molecule has 5 nitrogen and oxygen atoms in total. The van der Waals surface area contributed by atoms with Crippen LogP contribution in [0.1, 0.15) is 41.7 Å². The highest BCUT2D eigenvalue weighted by Crippen LogP contribution is 2.32. The van der Waals surface area contributed by atoms with Crippen molar-refractivity contribution in [2.75, 3.05) is 40.9 Å². The molecule has 0 heterocycles. The van der Waals surface area contributed by atoms with Crippen LogP contribution >= 0.6 is 0 Å². The predicted molar refractivity (Wildman–Crippen MR) is 116 cm³/mol. The highest BCUT2D eigenvalue weighted by atomic mass is 16.5. The van der Waals surface area contributed by atoms with E-state index in [1.54, 1.807) is 7.11 Å². The van der Waals surface area contributed by atoms with Crippen molar-refractivity contribution in [1.29, 1.82) is 0 Å². The number of aryl methyl sites for hydroxylation is 1. The molecule has 158 valence electrons. The molecular formula is C24H34N2O3. The molecule has 0 amide bonds. The number of methoxy groups -OCH3 is 1. The summed E-state index contributed by atoms with van der Waals surface area (Å²) in [5.74, 6) is 0.857. The van der Waals surface area contributed by atoms with Crippen LogP contribution in [-0.4, -0.2) is 57.0 Å². The zero-order valence-electron chi connectivity index (χ0n) is 17.8. The standard InChI is InChI=1S/C24H34N2O3/c1-26(2)23(19-10-6-11-21(14-19)28-3)16-25-15-20(27)17-29-24-13-7-9-18-8-4-5-12-22(18)24/h4-6,8,10-12,14,20,23-25,27H,7,9,13,15-17H2,1-3H3. The van der Waals surface area contributed by atoms with Gasteiger partial charge in [-0.1, -0.05) is 36.4 Å². The van der Waals surface area contributed by atoms with Gasteiger partial charge in [-0.15, -0.1) is 0 Å². The van der Waals surface area contributed by atoms with Crippen LogP contribution in [0.25, 0.3) is 0 Å². The molecule has 0 bridgehead atoms. The van der Waals surface area contributed by atoms with Gasteiger partial charge in [0.05, 0.1) is 25.9 Å². The van der Waals surface area contributed by atoms with Gasteiger partial charge in [0.1, 0.15) is 5.75 Å². The Balaban J connectivity index is 1.47. The SMILES string of the molecule is COc1cccc(C(CNCC(O)COC2CCCc3ccccc32)N(C)C)c1. The average Bonchev–Trinajstić information content (AvgIpc) is 2.75. The topological polar surface area (TPSA) is 54.0 Å². The summed E-state index contributed by atoms with van der Waals surface area (Å²) in [7, 11) is 5.81. The fourth-order valence-electron chi connectivity index (χ4n) is 4.00. The van der Waals surface area contributed by atoms with E-state index in [0.29, 0.717) is 13.2 Å². The molecule has 0 aromatic heterocycles. The van der Waals surface area contributed by atoms with Crippen LogP contribution < -0.4 is 10.1 Å². The molecule has 0 spiro atoms. The maximum Gasteiger partial charge on any atom is 0.119 e. The van der Waals surface area contributed by atoms with E-state index >= 15 is 0 Å². The van der Waals surface area contributed by atoms with Crippen LogP contribution in [0.3, 0.4) is 0 Å². The van der Waals surface area contributed by atoms with E-state index in [2.05, 4.69) is 60.7 Å². The Bertz CT molecular complexity index is 765. The van der Waals surface area contributed by atoms with Crippen molar-refractivity contribution in [1.82, 2.24) is 10.2 Å². The van der Waals surface area contributed by atoms with Crippen molar-refractivity contribution >= 4 is 0 Å². The number of aliphatic hydroxyl groups is 1. The Kier molecular flexibility index (Phi) is 8.07. The Morgan fingerprint density at radius 2 is 1.97 bits per heavy atom. The van der Waals surface area contributed by atoms with Crippen LogP contribution in [0.4, 0.5) is 0 Å². The second-order valence-electron chi connectivity index (χ2n) is 7.98. The largest absolute Gasteiger partial charge is 0.497 e. The molecule has 3 unspecified atom stereocenters. The monoisotopic (exact) mass is 398 g/mol. The fourth-order valence-corrected chi connectivity index (χ4v) is 4.00. The number of nitrogens with one attached hydrogen (secondary N) is 1. The molecule has 2 aromatic rings. The Morgan fingerprint density at radius 3 is 2.76 bits per heavy atom. The van der Waals surface area contributed by atoms with Crippen LogP contribution in [0.2, 0.25) is 0 Å². The van der Waals surface area contributed by atoms with E-state index in [4.69, 9.17) is 9.47 Å². The molecule has 1 aliphatic carbocycles. The lowest BCUT2D eigenvalue weighted by atomic mass is 9.89. The smallest absolute Gasteiger partial charge is 0.119 e. The summed E-state index contributed by atoms with van der Waals surface area (Å²) in [5.41, 5.74) is 3.85. The highest BCUT2D eigenvalue weighted by Gasteiger charge is 2.21. The van der Waals surface area contributed by atoms with Gasteiger partial charge in [-0.05, 0) is 62.2 Å². The molecule has 3 rings (SSSR count). The second-order valence-corrected chi connectivity index (χ2v) is 7.98. The summed E-state index contributed by atoms with van der Waals surface area (Å²) in [5, 5.41) is 13.8. The first-order valence-electron chi connectivity index (χ1n) is 10.5. The minimum atomic E-state index is -0.530. The van der Waals surface area contributed by atoms with Gasteiger partial charge < -0.3 is 24.8 Å². The zero-order chi connectivity index (χ0) is 20.6. The molecular weight excluding hydrogens is 364 g/mol. The van der Waals surface area contributed by atoms with Crippen LogP contribution in [0.15, 0.2) is 48.5 Å². The molecule has 2 N–H and O–H groups in total. The minimum absolute atomic E-state index is 0.0981. The molecule has 0 fully saturated rings. The second kappa shape index (κ2) is 10.7. The summed E-state index contributed by atoms with van der Waals surface area (Å²) in [6, 6.07) is 16.8. The number of ether oxygens (including phenoxy) is 2. The van der Waals surface area contributed by atoms with Crippen LogP contribution in [0.5, 0.6) is 5.75 Å². The lowest BCUT2D eigenvalue weighted by Crippen LogP contribution is -2.37. The molecule has 5 heteroatoms. The first kappa shape index (κ1) is 21.8. The fraction of sp³-hybridized carbons (Fsp3) is 0.500. The summed E-state index contributed by atoms with van der Waals surface area (Å²) in [4.78, 5) is 2.17. The molecule has 3 atom stereocenters. The summed E-state index contributed by atoms with van der Waals surface area (Å²) in [6.07, 6.45) is 2.85. The Hall–Kier alpha value is -1.92. The maximum absolute atomic E-state index is 10.4. The van der Waals surface area contributed by atoms with Crippen LogP contribution in [0, 0.1) is 0 Å². The molecule has 2 aromatic carbocycles. The van der Waals surface area contributed by atoms with E-state index in [0.717, 1.165) is 31.6 Å². The van der Waals surface area contributed by atoms with Gasteiger partial charge >= 0.3 is 0 Å². The molecule has 29 heavy (non-hydrogen) atoms. The Labute approximate surface area is 174 Å². The number of fused-ring (bicyclic) bond motifs is 1. The quantitative estimate of drug-likeness (QED) is 0.643. The first-order chi connectivity index (χ1) is 14.1. The van der Waals surface area contributed by atoms with E-state index in [9.17, 15) is 5.11 Å². The molecule has 0 saturated carbocycles. The minimum Gasteiger partial charge on any atom is -0.497 e. The third-order valence-electron chi connectivity index (χ3n) is 5.62. The van der Waals surface area contributed by atoms with Crippen molar-refractivity contribution in [2.24, 2.45) is 0 Å². The van der Waals surface area contributed by atoms with Crippen molar-refractivity contribution in [3.63, 3.8) is 0 Å². The van der Waals surface area contributed by atoms with Gasteiger partial charge in [-0.25, -0.2) is 0 Å². The lowest BCUT2D eigenvalue weighted by molar-refractivity contribution is -0.0169. The highest BCUT2D eigenvalue weighted by molar-refractivity contribution is 5.31. The zero-order valence-corrected chi connectivity index (χ0v) is 17.8. The normalized spacial score (nSPS) is 18.3. The van der Waals surface area contributed by atoms with Gasteiger partial charge in [-0.2, -0.15) is 0 Å². The van der Waals surface area contributed by atoms with Crippen molar-refractivity contribution in [2.45, 2.75) is 37.5 Å². The number of likely N-dealkylation sites (N-methyl/N-ethyl adjacent to an activating group) is 1.